The van der Waals surface area contributed by atoms with E-state index in [1.165, 1.54) is 0 Å². The summed E-state index contributed by atoms with van der Waals surface area (Å²) in [7, 11) is 0. The van der Waals surface area contributed by atoms with Crippen molar-refractivity contribution in [3.05, 3.63) is 59.0 Å². The first kappa shape index (κ1) is 21.8. The zero-order chi connectivity index (χ0) is 22.7. The number of hydrogen-bond donors (Lipinski definition) is 3. The van der Waals surface area contributed by atoms with E-state index in [1.807, 2.05) is 57.2 Å². The first-order chi connectivity index (χ1) is 15.4. The Morgan fingerprint density at radius 2 is 2.06 bits per heavy atom. The maximum absolute atomic E-state index is 12.4. The number of nitrogens with one attached hydrogen (secondary N) is 3. The smallest absolute Gasteiger partial charge is 0.224 e. The lowest BCUT2D eigenvalue weighted by molar-refractivity contribution is -0.125. The summed E-state index contributed by atoms with van der Waals surface area (Å²) in [5, 5.41) is 17.8. The minimum absolute atomic E-state index is 0.00184. The van der Waals surface area contributed by atoms with Crippen molar-refractivity contribution < 1.29 is 14.1 Å². The van der Waals surface area contributed by atoms with Gasteiger partial charge in [-0.2, -0.15) is 5.10 Å². The van der Waals surface area contributed by atoms with Gasteiger partial charge in [0.05, 0.1) is 12.2 Å². The molecule has 2 aromatic heterocycles. The molecule has 1 fully saturated rings. The van der Waals surface area contributed by atoms with E-state index in [9.17, 15) is 9.59 Å². The Kier molecular flexibility index (Phi) is 6.36. The highest BCUT2D eigenvalue weighted by Crippen LogP contribution is 2.21. The van der Waals surface area contributed by atoms with Crippen LogP contribution in [-0.4, -0.2) is 32.8 Å². The van der Waals surface area contributed by atoms with E-state index in [2.05, 4.69) is 26.2 Å². The Hall–Kier alpha value is -3.46. The lowest BCUT2D eigenvalue weighted by Gasteiger charge is -2.30. The Balaban J connectivity index is 1.32. The number of rotatable bonds is 7. The van der Waals surface area contributed by atoms with E-state index >= 15 is 0 Å². The van der Waals surface area contributed by atoms with Crippen LogP contribution in [0.15, 0.2) is 40.9 Å². The van der Waals surface area contributed by atoms with Crippen LogP contribution in [0, 0.1) is 13.8 Å². The zero-order valence-corrected chi connectivity index (χ0v) is 18.5. The van der Waals surface area contributed by atoms with Crippen LogP contribution in [0.25, 0.3) is 11.3 Å². The summed E-state index contributed by atoms with van der Waals surface area (Å²) in [5.41, 5.74) is 4.42. The van der Waals surface area contributed by atoms with Gasteiger partial charge in [-0.25, -0.2) is 4.68 Å². The number of carbonyl (C=O) groups excluding carboxylic acids is 2. The van der Waals surface area contributed by atoms with Crippen LogP contribution in [0.3, 0.4) is 0 Å². The molecule has 0 saturated carbocycles. The van der Waals surface area contributed by atoms with Gasteiger partial charge in [0.2, 0.25) is 11.8 Å². The summed E-state index contributed by atoms with van der Waals surface area (Å²) >= 11 is 0. The molecule has 0 radical (unpaired) electrons. The molecule has 1 saturated heterocycles. The fraction of sp³-hybridized carbons (Fsp3) is 0.391. The molecule has 3 heterocycles. The summed E-state index contributed by atoms with van der Waals surface area (Å²) in [6, 6.07) is 11.6. The molecule has 1 aromatic carbocycles. The van der Waals surface area contributed by atoms with E-state index in [1.54, 1.807) is 4.68 Å². The van der Waals surface area contributed by atoms with Gasteiger partial charge >= 0.3 is 0 Å². The molecule has 3 N–H and O–H groups in total. The van der Waals surface area contributed by atoms with Crippen LogP contribution in [-0.2, 0) is 22.6 Å². The number of aromatic nitrogens is 3. The third-order valence-electron chi connectivity index (χ3n) is 5.64. The van der Waals surface area contributed by atoms with E-state index < -0.39 is 0 Å². The largest absolute Gasteiger partial charge is 0.356 e. The third-order valence-corrected chi connectivity index (χ3v) is 5.64. The minimum atomic E-state index is -0.376. The number of benzene rings is 1. The number of amides is 2. The van der Waals surface area contributed by atoms with Gasteiger partial charge in [0.1, 0.15) is 5.69 Å². The molecule has 2 amide bonds. The van der Waals surface area contributed by atoms with Gasteiger partial charge < -0.3 is 15.2 Å². The molecule has 168 valence electrons. The predicted molar refractivity (Wildman–Crippen MR) is 118 cm³/mol. The van der Waals surface area contributed by atoms with Gasteiger partial charge in [0, 0.05) is 36.2 Å². The highest BCUT2D eigenvalue weighted by Gasteiger charge is 2.27. The monoisotopic (exact) mass is 436 g/mol. The number of carbonyl (C=O) groups is 2. The average Bonchev–Trinajstić information content (AvgIpc) is 3.35. The second kappa shape index (κ2) is 9.35. The molecule has 1 aliphatic rings. The van der Waals surface area contributed by atoms with Crippen molar-refractivity contribution in [1.82, 2.24) is 30.9 Å². The summed E-state index contributed by atoms with van der Waals surface area (Å²) in [6.07, 6.45) is 0.964. The summed E-state index contributed by atoms with van der Waals surface area (Å²) in [5.74, 6) is 0.600. The molecule has 1 aliphatic heterocycles. The van der Waals surface area contributed by atoms with Gasteiger partial charge in [0.15, 0.2) is 12.0 Å². The first-order valence-corrected chi connectivity index (χ1v) is 10.8. The molecule has 0 spiro atoms. The molecular weight excluding hydrogens is 408 g/mol. The van der Waals surface area contributed by atoms with E-state index in [-0.39, 0.29) is 24.1 Å². The molecule has 4 rings (SSSR count). The van der Waals surface area contributed by atoms with Crippen molar-refractivity contribution in [3.63, 3.8) is 0 Å². The van der Waals surface area contributed by atoms with Crippen LogP contribution in [0.4, 0.5) is 0 Å². The average molecular weight is 437 g/mol. The standard InChI is InChI=1S/C23H28N6O3/c1-14-11-22(31)26-23(25-14)29-16(3)19(15(2)27-29)9-10-21(30)24-13-18-12-20(32-28-18)17-7-5-4-6-8-17/h4-8,12,14,23,25H,9-11,13H2,1-3H3,(H,24,30)(H,26,31). The second-order valence-electron chi connectivity index (χ2n) is 8.16. The molecular formula is C23H28N6O3. The normalized spacial score (nSPS) is 18.4. The number of hydrogen-bond acceptors (Lipinski definition) is 6. The van der Waals surface area contributed by atoms with Gasteiger partial charge in [-0.05, 0) is 32.8 Å². The molecule has 32 heavy (non-hydrogen) atoms. The van der Waals surface area contributed by atoms with Crippen molar-refractivity contribution in [3.8, 4) is 11.3 Å². The van der Waals surface area contributed by atoms with Crippen molar-refractivity contribution in [2.24, 2.45) is 0 Å². The van der Waals surface area contributed by atoms with Gasteiger partial charge in [-0.15, -0.1) is 0 Å². The Labute approximate surface area is 186 Å². The molecule has 0 bridgehead atoms. The first-order valence-electron chi connectivity index (χ1n) is 10.8. The lowest BCUT2D eigenvalue weighted by Crippen LogP contribution is -2.52. The minimum Gasteiger partial charge on any atom is -0.356 e. The predicted octanol–water partition coefficient (Wildman–Crippen LogP) is 2.36. The van der Waals surface area contributed by atoms with Crippen LogP contribution < -0.4 is 16.0 Å². The van der Waals surface area contributed by atoms with Crippen LogP contribution in [0.1, 0.15) is 48.7 Å². The molecule has 2 atom stereocenters. The third kappa shape index (κ3) is 4.88. The highest BCUT2D eigenvalue weighted by molar-refractivity contribution is 5.77. The topological polar surface area (TPSA) is 114 Å². The van der Waals surface area contributed by atoms with E-state index in [0.717, 1.165) is 22.5 Å². The second-order valence-corrected chi connectivity index (χ2v) is 8.16. The molecule has 3 aromatic rings. The SMILES string of the molecule is Cc1nn(C2NC(=O)CC(C)N2)c(C)c1CCC(=O)NCc1cc(-c2ccccc2)on1. The van der Waals surface area contributed by atoms with Crippen LogP contribution in [0.2, 0.25) is 0 Å². The van der Waals surface area contributed by atoms with E-state index in [4.69, 9.17) is 4.52 Å². The van der Waals surface area contributed by atoms with Gasteiger partial charge in [-0.3, -0.25) is 14.9 Å². The van der Waals surface area contributed by atoms with E-state index in [0.29, 0.717) is 37.3 Å². The molecule has 2 unspecified atom stereocenters. The summed E-state index contributed by atoms with van der Waals surface area (Å²) in [6.45, 7) is 6.16. The molecule has 9 nitrogen and oxygen atoms in total. The maximum atomic E-state index is 12.4. The Morgan fingerprint density at radius 3 is 2.81 bits per heavy atom. The van der Waals surface area contributed by atoms with Crippen molar-refractivity contribution in [2.45, 2.75) is 58.9 Å². The highest BCUT2D eigenvalue weighted by atomic mass is 16.5. The lowest BCUT2D eigenvalue weighted by atomic mass is 10.1. The van der Waals surface area contributed by atoms with Crippen LogP contribution >= 0.6 is 0 Å². The number of aryl methyl sites for hydroxylation is 1. The quantitative estimate of drug-likeness (QED) is 0.524. The van der Waals surface area contributed by atoms with Crippen molar-refractivity contribution in [2.75, 3.05) is 0 Å². The molecule has 0 aliphatic carbocycles. The van der Waals surface area contributed by atoms with Gasteiger partial charge in [-0.1, -0.05) is 35.5 Å². The van der Waals surface area contributed by atoms with Crippen molar-refractivity contribution in [1.29, 1.82) is 0 Å². The maximum Gasteiger partial charge on any atom is 0.224 e. The van der Waals surface area contributed by atoms with Crippen LogP contribution in [0.5, 0.6) is 0 Å². The number of nitrogens with zero attached hydrogens (tertiary/aromatic N) is 3. The Bertz CT molecular complexity index is 1100. The van der Waals surface area contributed by atoms with Crippen molar-refractivity contribution >= 4 is 11.8 Å². The molecule has 9 heteroatoms. The van der Waals surface area contributed by atoms with Gasteiger partial charge in [0.25, 0.3) is 0 Å². The Morgan fingerprint density at radius 1 is 1.28 bits per heavy atom. The summed E-state index contributed by atoms with van der Waals surface area (Å²) < 4.78 is 7.16. The fourth-order valence-corrected chi connectivity index (χ4v) is 3.95. The zero-order valence-electron chi connectivity index (χ0n) is 18.5. The fourth-order valence-electron chi connectivity index (χ4n) is 3.95. The summed E-state index contributed by atoms with van der Waals surface area (Å²) in [4.78, 5) is 24.3.